The van der Waals surface area contributed by atoms with Gasteiger partial charge in [-0.1, -0.05) is 12.1 Å². The summed E-state index contributed by atoms with van der Waals surface area (Å²) in [6.45, 7) is 1.80. The zero-order chi connectivity index (χ0) is 15.4. The summed E-state index contributed by atoms with van der Waals surface area (Å²) in [5, 5.41) is 13.6. The molecule has 2 aromatic rings. The van der Waals surface area contributed by atoms with Gasteiger partial charge in [-0.15, -0.1) is 0 Å². The van der Waals surface area contributed by atoms with Crippen LogP contribution < -0.4 is 5.32 Å². The summed E-state index contributed by atoms with van der Waals surface area (Å²) in [5.41, 5.74) is 1.28. The number of carbonyl (C=O) groups excluding carboxylic acids is 1. The van der Waals surface area contributed by atoms with Crippen molar-refractivity contribution in [3.63, 3.8) is 0 Å². The highest BCUT2D eigenvalue weighted by molar-refractivity contribution is 14.1. The van der Waals surface area contributed by atoms with Gasteiger partial charge in [0.15, 0.2) is 0 Å². The maximum atomic E-state index is 12.1. The monoisotopic (exact) mass is 396 g/mol. The second-order valence-corrected chi connectivity index (χ2v) is 5.80. The number of hydrogen-bond acceptors (Lipinski definition) is 3. The van der Waals surface area contributed by atoms with Crippen molar-refractivity contribution in [3.8, 4) is 0 Å². The lowest BCUT2D eigenvalue weighted by molar-refractivity contribution is -0.384. The fourth-order valence-electron chi connectivity index (χ4n) is 1.87. The summed E-state index contributed by atoms with van der Waals surface area (Å²) in [7, 11) is 0. The molecule has 0 aliphatic rings. The number of halogens is 1. The molecule has 21 heavy (non-hydrogen) atoms. The lowest BCUT2D eigenvalue weighted by atomic mass is 10.1. The Bertz CT molecular complexity index is 671. The Balaban J connectivity index is 2.12. The first kappa shape index (κ1) is 15.4. The number of benzene rings is 2. The molecule has 1 amide bonds. The van der Waals surface area contributed by atoms with Crippen molar-refractivity contribution in [2.75, 3.05) is 0 Å². The van der Waals surface area contributed by atoms with Gasteiger partial charge in [0, 0.05) is 21.3 Å². The van der Waals surface area contributed by atoms with Gasteiger partial charge in [0.2, 0.25) is 0 Å². The van der Waals surface area contributed by atoms with E-state index in [4.69, 9.17) is 0 Å². The molecule has 0 fully saturated rings. The lowest BCUT2D eigenvalue weighted by Crippen LogP contribution is -2.26. The van der Waals surface area contributed by atoms with Gasteiger partial charge in [-0.25, -0.2) is 0 Å². The van der Waals surface area contributed by atoms with Crippen molar-refractivity contribution >= 4 is 34.2 Å². The van der Waals surface area contributed by atoms with Gasteiger partial charge in [-0.3, -0.25) is 14.9 Å². The van der Waals surface area contributed by atoms with Gasteiger partial charge in [-0.2, -0.15) is 0 Å². The highest BCUT2D eigenvalue weighted by Gasteiger charge is 2.14. The Kier molecular flexibility index (Phi) is 4.89. The van der Waals surface area contributed by atoms with Crippen LogP contribution in [0.5, 0.6) is 0 Å². The topological polar surface area (TPSA) is 72.2 Å². The molecule has 0 spiro atoms. The molecule has 0 heterocycles. The average Bonchev–Trinajstić information content (AvgIpc) is 2.48. The van der Waals surface area contributed by atoms with E-state index in [-0.39, 0.29) is 17.6 Å². The summed E-state index contributed by atoms with van der Waals surface area (Å²) >= 11 is 2.17. The fraction of sp³-hybridized carbons (Fsp3) is 0.133. The first-order valence-electron chi connectivity index (χ1n) is 6.28. The third-order valence-corrected chi connectivity index (χ3v) is 3.75. The Labute approximate surface area is 135 Å². The molecule has 2 rings (SSSR count). The minimum atomic E-state index is -0.447. The van der Waals surface area contributed by atoms with E-state index in [2.05, 4.69) is 27.9 Å². The first-order chi connectivity index (χ1) is 9.97. The molecule has 0 aliphatic heterocycles. The van der Waals surface area contributed by atoms with Gasteiger partial charge in [0.05, 0.1) is 11.0 Å². The van der Waals surface area contributed by atoms with Crippen LogP contribution in [0.1, 0.15) is 28.9 Å². The van der Waals surface area contributed by atoms with Crippen molar-refractivity contribution in [2.45, 2.75) is 13.0 Å². The molecule has 1 N–H and O–H groups in total. The summed E-state index contributed by atoms with van der Waals surface area (Å²) in [6.07, 6.45) is 0. The smallest absolute Gasteiger partial charge is 0.269 e. The zero-order valence-corrected chi connectivity index (χ0v) is 13.4. The Morgan fingerprint density at radius 2 is 1.90 bits per heavy atom. The van der Waals surface area contributed by atoms with Gasteiger partial charge >= 0.3 is 0 Å². The van der Waals surface area contributed by atoms with Crippen LogP contribution in [0.25, 0.3) is 0 Å². The molecule has 1 unspecified atom stereocenters. The minimum Gasteiger partial charge on any atom is -0.346 e. The van der Waals surface area contributed by atoms with Crippen molar-refractivity contribution in [1.29, 1.82) is 0 Å². The molecule has 0 saturated heterocycles. The number of rotatable bonds is 4. The van der Waals surface area contributed by atoms with Gasteiger partial charge in [-0.05, 0) is 59.3 Å². The van der Waals surface area contributed by atoms with Crippen molar-refractivity contribution in [3.05, 3.63) is 73.3 Å². The maximum Gasteiger partial charge on any atom is 0.269 e. The fourth-order valence-corrected chi connectivity index (χ4v) is 2.23. The van der Waals surface area contributed by atoms with Crippen molar-refractivity contribution in [1.82, 2.24) is 5.32 Å². The second-order valence-electron chi connectivity index (χ2n) is 4.55. The van der Waals surface area contributed by atoms with Crippen LogP contribution in [0, 0.1) is 13.7 Å². The van der Waals surface area contributed by atoms with Gasteiger partial charge < -0.3 is 5.32 Å². The number of nitrogens with one attached hydrogen (secondary N) is 1. The Morgan fingerprint density at radius 1 is 1.24 bits per heavy atom. The van der Waals surface area contributed by atoms with Crippen LogP contribution in [-0.4, -0.2) is 10.8 Å². The van der Waals surface area contributed by atoms with Crippen LogP contribution in [0.2, 0.25) is 0 Å². The largest absolute Gasteiger partial charge is 0.346 e. The maximum absolute atomic E-state index is 12.1. The zero-order valence-electron chi connectivity index (χ0n) is 11.2. The number of nitro groups is 1. The van der Waals surface area contributed by atoms with E-state index in [0.29, 0.717) is 11.1 Å². The molecule has 0 bridgehead atoms. The quantitative estimate of drug-likeness (QED) is 0.487. The van der Waals surface area contributed by atoms with E-state index in [1.165, 1.54) is 12.1 Å². The number of nitrogens with zero attached hydrogens (tertiary/aromatic N) is 1. The molecule has 0 aliphatic carbocycles. The summed E-state index contributed by atoms with van der Waals surface area (Å²) < 4.78 is 1.05. The molecule has 0 aromatic heterocycles. The Hall–Kier alpha value is -1.96. The molecular formula is C15H13IN2O3. The molecular weight excluding hydrogens is 383 g/mol. The minimum absolute atomic E-state index is 0.0165. The van der Waals surface area contributed by atoms with Crippen LogP contribution in [0.3, 0.4) is 0 Å². The lowest BCUT2D eigenvalue weighted by Gasteiger charge is -2.14. The molecule has 2 aromatic carbocycles. The highest BCUT2D eigenvalue weighted by atomic mass is 127. The third kappa shape index (κ3) is 4.01. The summed E-state index contributed by atoms with van der Waals surface area (Å²) in [5.74, 6) is -0.203. The normalized spacial score (nSPS) is 11.7. The van der Waals surface area contributed by atoms with E-state index in [9.17, 15) is 14.9 Å². The average molecular weight is 396 g/mol. The van der Waals surface area contributed by atoms with Gasteiger partial charge in [0.1, 0.15) is 0 Å². The molecule has 6 heteroatoms. The van der Waals surface area contributed by atoms with Crippen molar-refractivity contribution in [2.24, 2.45) is 0 Å². The number of nitro benzene ring substituents is 1. The molecule has 1 atom stereocenters. The summed E-state index contributed by atoms with van der Waals surface area (Å²) in [4.78, 5) is 22.4. The standard InChI is InChI=1S/C15H13IN2O3/c1-10(12-3-2-4-14(9-12)18(20)21)17-15(19)11-5-7-13(16)8-6-11/h2-10H,1H3,(H,17,19). The predicted octanol–water partition coefficient (Wildman–Crippen LogP) is 3.69. The molecule has 0 radical (unpaired) electrons. The van der Waals surface area contributed by atoms with E-state index in [1.807, 2.05) is 12.1 Å². The van der Waals surface area contributed by atoms with E-state index < -0.39 is 4.92 Å². The number of carbonyl (C=O) groups is 1. The summed E-state index contributed by atoms with van der Waals surface area (Å²) in [6, 6.07) is 13.2. The molecule has 5 nitrogen and oxygen atoms in total. The van der Waals surface area contributed by atoms with Crippen LogP contribution in [0.4, 0.5) is 5.69 Å². The van der Waals surface area contributed by atoms with Crippen LogP contribution in [0.15, 0.2) is 48.5 Å². The van der Waals surface area contributed by atoms with E-state index in [0.717, 1.165) is 3.57 Å². The Morgan fingerprint density at radius 3 is 2.52 bits per heavy atom. The SMILES string of the molecule is CC(NC(=O)c1ccc(I)cc1)c1cccc([N+](=O)[O-])c1. The molecule has 0 saturated carbocycles. The van der Waals surface area contributed by atoms with E-state index in [1.54, 1.807) is 31.2 Å². The third-order valence-electron chi connectivity index (χ3n) is 3.04. The van der Waals surface area contributed by atoms with Crippen LogP contribution in [-0.2, 0) is 0 Å². The highest BCUT2D eigenvalue weighted by Crippen LogP contribution is 2.19. The van der Waals surface area contributed by atoms with E-state index >= 15 is 0 Å². The number of hydrogen-bond donors (Lipinski definition) is 1. The predicted molar refractivity (Wildman–Crippen MR) is 88.1 cm³/mol. The van der Waals surface area contributed by atoms with Crippen molar-refractivity contribution < 1.29 is 9.72 Å². The van der Waals surface area contributed by atoms with Gasteiger partial charge in [0.25, 0.3) is 11.6 Å². The first-order valence-corrected chi connectivity index (χ1v) is 7.36. The number of non-ortho nitro benzene ring substituents is 1. The number of amides is 1. The second kappa shape index (κ2) is 6.66. The molecule has 108 valence electrons. The van der Waals surface area contributed by atoms with Crippen LogP contribution >= 0.6 is 22.6 Å².